The van der Waals surface area contributed by atoms with Gasteiger partial charge in [-0.2, -0.15) is 0 Å². The van der Waals surface area contributed by atoms with Gasteiger partial charge >= 0.3 is 0 Å². The summed E-state index contributed by atoms with van der Waals surface area (Å²) >= 11 is 0. The van der Waals surface area contributed by atoms with E-state index < -0.39 is 6.10 Å². The molecule has 0 aliphatic heterocycles. The molecular formula is C13H29NO3. The first kappa shape index (κ1) is 16.8. The number of hydrogen-bond donors (Lipinski definition) is 2. The van der Waals surface area contributed by atoms with Crippen LogP contribution < -0.4 is 5.32 Å². The van der Waals surface area contributed by atoms with Crippen LogP contribution >= 0.6 is 0 Å². The standard InChI is InChI=1S/C13H29NO3/c1-3-5-7-14-11-13(15)12-17-10-9-16-8-6-4-2/h13-15H,3-12H2,1-2H3. The first-order chi connectivity index (χ1) is 8.31. The van der Waals surface area contributed by atoms with E-state index in [9.17, 15) is 5.11 Å². The van der Waals surface area contributed by atoms with Crippen LogP contribution in [0, 0.1) is 0 Å². The largest absolute Gasteiger partial charge is 0.389 e. The fourth-order valence-corrected chi connectivity index (χ4v) is 1.32. The monoisotopic (exact) mass is 247 g/mol. The lowest BCUT2D eigenvalue weighted by Crippen LogP contribution is -2.31. The van der Waals surface area contributed by atoms with Crippen LogP contribution in [0.25, 0.3) is 0 Å². The third kappa shape index (κ3) is 13.8. The molecule has 0 spiro atoms. The SMILES string of the molecule is CCCCNCC(O)COCCOCCCC. The highest BCUT2D eigenvalue weighted by Gasteiger charge is 2.02. The summed E-state index contributed by atoms with van der Waals surface area (Å²) in [7, 11) is 0. The lowest BCUT2D eigenvalue weighted by Gasteiger charge is -2.12. The smallest absolute Gasteiger partial charge is 0.0897 e. The average molecular weight is 247 g/mol. The van der Waals surface area contributed by atoms with Crippen LogP contribution in [-0.2, 0) is 9.47 Å². The van der Waals surface area contributed by atoms with E-state index in [-0.39, 0.29) is 0 Å². The van der Waals surface area contributed by atoms with Crippen molar-refractivity contribution in [2.24, 2.45) is 0 Å². The minimum Gasteiger partial charge on any atom is -0.389 e. The van der Waals surface area contributed by atoms with E-state index in [2.05, 4.69) is 19.2 Å². The van der Waals surface area contributed by atoms with Gasteiger partial charge in [0.1, 0.15) is 0 Å². The van der Waals surface area contributed by atoms with E-state index >= 15 is 0 Å². The number of aliphatic hydroxyl groups excluding tert-OH is 1. The number of aliphatic hydroxyl groups is 1. The highest BCUT2D eigenvalue weighted by atomic mass is 16.5. The summed E-state index contributed by atoms with van der Waals surface area (Å²) in [4.78, 5) is 0. The van der Waals surface area contributed by atoms with Crippen LogP contribution in [0.3, 0.4) is 0 Å². The quantitative estimate of drug-likeness (QED) is 0.485. The van der Waals surface area contributed by atoms with Gasteiger partial charge in [-0.1, -0.05) is 26.7 Å². The Labute approximate surface area is 106 Å². The fraction of sp³-hybridized carbons (Fsp3) is 1.00. The van der Waals surface area contributed by atoms with Crippen LogP contribution in [0.5, 0.6) is 0 Å². The lowest BCUT2D eigenvalue weighted by atomic mass is 10.3. The predicted octanol–water partition coefficient (Wildman–Crippen LogP) is 1.57. The topological polar surface area (TPSA) is 50.7 Å². The summed E-state index contributed by atoms with van der Waals surface area (Å²) < 4.78 is 10.7. The molecule has 0 aromatic carbocycles. The molecule has 0 heterocycles. The van der Waals surface area contributed by atoms with Crippen molar-refractivity contribution in [2.75, 3.05) is 39.5 Å². The molecule has 104 valence electrons. The van der Waals surface area contributed by atoms with Crippen LogP contribution in [0.2, 0.25) is 0 Å². The Morgan fingerprint density at radius 2 is 1.71 bits per heavy atom. The van der Waals surface area contributed by atoms with Crippen molar-refractivity contribution >= 4 is 0 Å². The number of nitrogens with one attached hydrogen (secondary N) is 1. The maximum atomic E-state index is 9.56. The molecule has 0 radical (unpaired) electrons. The summed E-state index contributed by atoms with van der Waals surface area (Å²) in [6, 6.07) is 0. The molecular weight excluding hydrogens is 218 g/mol. The summed E-state index contributed by atoms with van der Waals surface area (Å²) in [6.45, 7) is 8.24. The molecule has 0 amide bonds. The first-order valence-corrected chi connectivity index (χ1v) is 6.85. The minimum absolute atomic E-state index is 0.385. The van der Waals surface area contributed by atoms with Gasteiger partial charge in [-0.25, -0.2) is 0 Å². The molecule has 4 nitrogen and oxygen atoms in total. The third-order valence-electron chi connectivity index (χ3n) is 2.41. The first-order valence-electron chi connectivity index (χ1n) is 6.85. The maximum absolute atomic E-state index is 9.56. The molecule has 17 heavy (non-hydrogen) atoms. The van der Waals surface area contributed by atoms with E-state index in [1.165, 1.54) is 6.42 Å². The number of rotatable bonds is 13. The number of hydrogen-bond acceptors (Lipinski definition) is 4. The van der Waals surface area contributed by atoms with Crippen LogP contribution in [0.1, 0.15) is 39.5 Å². The van der Waals surface area contributed by atoms with Crippen molar-refractivity contribution in [1.82, 2.24) is 5.32 Å². The molecule has 0 saturated heterocycles. The molecule has 0 saturated carbocycles. The van der Waals surface area contributed by atoms with Crippen molar-refractivity contribution < 1.29 is 14.6 Å². The Kier molecular flexibility index (Phi) is 13.8. The fourth-order valence-electron chi connectivity index (χ4n) is 1.32. The summed E-state index contributed by atoms with van der Waals surface area (Å²) in [5.74, 6) is 0. The molecule has 0 aliphatic rings. The Bertz CT molecular complexity index is 145. The molecule has 0 bridgehead atoms. The summed E-state index contributed by atoms with van der Waals surface area (Å²) in [6.07, 6.45) is 4.17. The van der Waals surface area contributed by atoms with Crippen molar-refractivity contribution in [3.05, 3.63) is 0 Å². The van der Waals surface area contributed by atoms with E-state index in [1.807, 2.05) is 0 Å². The molecule has 0 aromatic heterocycles. The van der Waals surface area contributed by atoms with Gasteiger partial charge in [0.05, 0.1) is 25.9 Å². The Morgan fingerprint density at radius 3 is 2.41 bits per heavy atom. The lowest BCUT2D eigenvalue weighted by molar-refractivity contribution is 0.00397. The van der Waals surface area contributed by atoms with E-state index in [0.717, 1.165) is 32.4 Å². The van der Waals surface area contributed by atoms with Crippen molar-refractivity contribution in [1.29, 1.82) is 0 Å². The Morgan fingerprint density at radius 1 is 1.00 bits per heavy atom. The second kappa shape index (κ2) is 13.9. The average Bonchev–Trinajstić information content (AvgIpc) is 2.33. The van der Waals surface area contributed by atoms with Gasteiger partial charge in [0.25, 0.3) is 0 Å². The van der Waals surface area contributed by atoms with Crippen molar-refractivity contribution in [3.8, 4) is 0 Å². The molecule has 1 unspecified atom stereocenters. The molecule has 0 aliphatic carbocycles. The summed E-state index contributed by atoms with van der Waals surface area (Å²) in [5.41, 5.74) is 0. The Hall–Kier alpha value is -0.160. The van der Waals surface area contributed by atoms with Gasteiger partial charge in [-0.05, 0) is 19.4 Å². The van der Waals surface area contributed by atoms with Gasteiger partial charge in [-0.15, -0.1) is 0 Å². The molecule has 0 aromatic rings. The van der Waals surface area contributed by atoms with Crippen LogP contribution in [-0.4, -0.2) is 50.7 Å². The zero-order chi connectivity index (χ0) is 12.8. The maximum Gasteiger partial charge on any atom is 0.0897 e. The highest BCUT2D eigenvalue weighted by Crippen LogP contribution is 1.89. The molecule has 0 fully saturated rings. The zero-order valence-corrected chi connectivity index (χ0v) is 11.4. The number of unbranched alkanes of at least 4 members (excludes halogenated alkanes) is 2. The highest BCUT2D eigenvalue weighted by molar-refractivity contribution is 4.57. The van der Waals surface area contributed by atoms with Gasteiger partial charge in [0.15, 0.2) is 0 Å². The normalized spacial score (nSPS) is 12.9. The predicted molar refractivity (Wildman–Crippen MR) is 70.3 cm³/mol. The van der Waals surface area contributed by atoms with E-state index in [0.29, 0.717) is 26.4 Å². The van der Waals surface area contributed by atoms with Crippen molar-refractivity contribution in [2.45, 2.75) is 45.6 Å². The number of ether oxygens (including phenoxy) is 2. The van der Waals surface area contributed by atoms with Gasteiger partial charge in [0, 0.05) is 13.2 Å². The van der Waals surface area contributed by atoms with Gasteiger partial charge in [0.2, 0.25) is 0 Å². The molecule has 4 heteroatoms. The second-order valence-corrected chi connectivity index (χ2v) is 4.25. The van der Waals surface area contributed by atoms with Crippen molar-refractivity contribution in [3.63, 3.8) is 0 Å². The molecule has 0 rings (SSSR count). The molecule has 2 N–H and O–H groups in total. The van der Waals surface area contributed by atoms with E-state index in [4.69, 9.17) is 9.47 Å². The van der Waals surface area contributed by atoms with Crippen LogP contribution in [0.4, 0.5) is 0 Å². The zero-order valence-electron chi connectivity index (χ0n) is 11.4. The van der Waals surface area contributed by atoms with Crippen LogP contribution in [0.15, 0.2) is 0 Å². The van der Waals surface area contributed by atoms with Gasteiger partial charge in [-0.3, -0.25) is 0 Å². The molecule has 1 atom stereocenters. The Balaban J connectivity index is 3.08. The van der Waals surface area contributed by atoms with Gasteiger partial charge < -0.3 is 19.9 Å². The third-order valence-corrected chi connectivity index (χ3v) is 2.41. The minimum atomic E-state index is -0.414. The second-order valence-electron chi connectivity index (χ2n) is 4.25. The summed E-state index contributed by atoms with van der Waals surface area (Å²) in [5, 5.41) is 12.8. The van der Waals surface area contributed by atoms with E-state index in [1.54, 1.807) is 0 Å².